The van der Waals surface area contributed by atoms with Gasteiger partial charge in [0.15, 0.2) is 0 Å². The molecular weight excluding hydrogens is 328 g/mol. The van der Waals surface area contributed by atoms with E-state index in [-0.39, 0.29) is 11.9 Å². The smallest absolute Gasteiger partial charge is 0.255 e. The normalized spacial score (nSPS) is 21.3. The Labute approximate surface area is 127 Å². The van der Waals surface area contributed by atoms with Gasteiger partial charge in [0.2, 0.25) is 0 Å². The molecule has 2 atom stereocenters. The van der Waals surface area contributed by atoms with E-state index >= 15 is 0 Å². The van der Waals surface area contributed by atoms with Crippen LogP contribution in [0.15, 0.2) is 22.7 Å². The summed E-state index contributed by atoms with van der Waals surface area (Å²) in [6.07, 6.45) is 2.12. The molecule has 104 valence electrons. The van der Waals surface area contributed by atoms with Crippen LogP contribution in [0.25, 0.3) is 0 Å². The number of hydrogen-bond donors (Lipinski definition) is 1. The maximum absolute atomic E-state index is 12.5. The molecule has 1 aliphatic heterocycles. The molecule has 1 saturated heterocycles. The van der Waals surface area contributed by atoms with Crippen LogP contribution in [0.3, 0.4) is 0 Å². The van der Waals surface area contributed by atoms with Gasteiger partial charge in [-0.05, 0) is 59.8 Å². The first-order valence-electron chi connectivity index (χ1n) is 6.49. The topological polar surface area (TPSA) is 46.3 Å². The Balaban J connectivity index is 2.15. The maximum atomic E-state index is 12.5. The second-order valence-electron chi connectivity index (χ2n) is 5.14. The molecule has 0 bridgehead atoms. The van der Waals surface area contributed by atoms with E-state index in [1.165, 1.54) is 0 Å². The molecule has 0 aliphatic carbocycles. The van der Waals surface area contributed by atoms with Gasteiger partial charge in [0.05, 0.1) is 5.56 Å². The van der Waals surface area contributed by atoms with Crippen molar-refractivity contribution in [3.63, 3.8) is 0 Å². The number of nitrogens with zero attached hydrogens (tertiary/aromatic N) is 1. The van der Waals surface area contributed by atoms with E-state index in [1.807, 2.05) is 11.8 Å². The molecule has 19 heavy (non-hydrogen) atoms. The number of hydrogen-bond acceptors (Lipinski definition) is 2. The quantitative estimate of drug-likeness (QED) is 0.894. The number of nitrogens with two attached hydrogens (primary N) is 1. The molecule has 1 amide bonds. The lowest BCUT2D eigenvalue weighted by atomic mass is 9.92. The first-order valence-corrected chi connectivity index (χ1v) is 7.66. The third kappa shape index (κ3) is 3.50. The Morgan fingerprint density at radius 1 is 1.58 bits per heavy atom. The molecule has 0 saturated carbocycles. The fourth-order valence-electron chi connectivity index (χ4n) is 2.46. The van der Waals surface area contributed by atoms with Gasteiger partial charge in [-0.25, -0.2) is 0 Å². The molecule has 1 heterocycles. The molecular formula is C14H18BrClN2O. The molecule has 2 unspecified atom stereocenters. The van der Waals surface area contributed by atoms with Crippen molar-refractivity contribution < 1.29 is 4.79 Å². The van der Waals surface area contributed by atoms with Crippen LogP contribution < -0.4 is 5.73 Å². The number of piperidine rings is 1. The average Bonchev–Trinajstić information content (AvgIpc) is 2.38. The van der Waals surface area contributed by atoms with Crippen molar-refractivity contribution >= 4 is 33.4 Å². The average molecular weight is 346 g/mol. The molecule has 1 aromatic rings. The molecule has 0 aromatic heterocycles. The lowest BCUT2D eigenvalue weighted by Crippen LogP contribution is -2.45. The first kappa shape index (κ1) is 14.8. The van der Waals surface area contributed by atoms with Gasteiger partial charge in [-0.1, -0.05) is 11.6 Å². The summed E-state index contributed by atoms with van der Waals surface area (Å²) in [6.45, 7) is 3.56. The van der Waals surface area contributed by atoms with Gasteiger partial charge in [0.1, 0.15) is 0 Å². The summed E-state index contributed by atoms with van der Waals surface area (Å²) in [5.41, 5.74) is 6.62. The fourth-order valence-corrected chi connectivity index (χ4v) is 3.31. The van der Waals surface area contributed by atoms with Crippen molar-refractivity contribution in [2.24, 2.45) is 11.7 Å². The van der Waals surface area contributed by atoms with Crippen LogP contribution in [0.5, 0.6) is 0 Å². The van der Waals surface area contributed by atoms with Crippen LogP contribution in [0.4, 0.5) is 0 Å². The highest BCUT2D eigenvalue weighted by Crippen LogP contribution is 2.25. The summed E-state index contributed by atoms with van der Waals surface area (Å²) in [5.74, 6) is 0.442. The van der Waals surface area contributed by atoms with E-state index in [9.17, 15) is 4.79 Å². The molecule has 0 spiro atoms. The van der Waals surface area contributed by atoms with Crippen LogP contribution in [-0.4, -0.2) is 29.9 Å². The van der Waals surface area contributed by atoms with E-state index < -0.39 is 0 Å². The SMILES string of the molecule is CC(N)C1CCCN(C(=O)c2ccc(Cl)cc2Br)C1. The van der Waals surface area contributed by atoms with E-state index in [2.05, 4.69) is 15.9 Å². The van der Waals surface area contributed by atoms with E-state index in [4.69, 9.17) is 17.3 Å². The lowest BCUT2D eigenvalue weighted by molar-refractivity contribution is 0.0660. The van der Waals surface area contributed by atoms with E-state index in [0.29, 0.717) is 16.5 Å². The third-order valence-corrected chi connectivity index (χ3v) is 4.54. The zero-order chi connectivity index (χ0) is 14.0. The van der Waals surface area contributed by atoms with Crippen molar-refractivity contribution in [1.82, 2.24) is 4.90 Å². The van der Waals surface area contributed by atoms with Crippen molar-refractivity contribution in [2.75, 3.05) is 13.1 Å². The highest BCUT2D eigenvalue weighted by molar-refractivity contribution is 9.10. The number of amides is 1. The van der Waals surface area contributed by atoms with Crippen LogP contribution in [0.1, 0.15) is 30.1 Å². The van der Waals surface area contributed by atoms with Crippen molar-refractivity contribution in [3.05, 3.63) is 33.3 Å². The number of halogens is 2. The van der Waals surface area contributed by atoms with Crippen LogP contribution in [0, 0.1) is 5.92 Å². The van der Waals surface area contributed by atoms with Gasteiger partial charge in [0.25, 0.3) is 5.91 Å². The van der Waals surface area contributed by atoms with Crippen molar-refractivity contribution in [1.29, 1.82) is 0 Å². The molecule has 2 N–H and O–H groups in total. The van der Waals surface area contributed by atoms with Gasteiger partial charge in [-0.3, -0.25) is 4.79 Å². The summed E-state index contributed by atoms with van der Waals surface area (Å²) in [5, 5.41) is 0.621. The summed E-state index contributed by atoms with van der Waals surface area (Å²) in [7, 11) is 0. The summed E-state index contributed by atoms with van der Waals surface area (Å²) < 4.78 is 0.743. The minimum Gasteiger partial charge on any atom is -0.338 e. The number of benzene rings is 1. The predicted octanol–water partition coefficient (Wildman–Crippen LogP) is 3.30. The lowest BCUT2D eigenvalue weighted by Gasteiger charge is -2.34. The number of carbonyl (C=O) groups excluding carboxylic acids is 1. The molecule has 1 aliphatic rings. The summed E-state index contributed by atoms with van der Waals surface area (Å²) in [4.78, 5) is 14.4. The number of rotatable bonds is 2. The largest absolute Gasteiger partial charge is 0.338 e. The highest BCUT2D eigenvalue weighted by atomic mass is 79.9. The molecule has 0 radical (unpaired) electrons. The zero-order valence-electron chi connectivity index (χ0n) is 10.9. The van der Waals surface area contributed by atoms with Crippen molar-refractivity contribution in [3.8, 4) is 0 Å². The fraction of sp³-hybridized carbons (Fsp3) is 0.500. The molecule has 2 rings (SSSR count). The van der Waals surface area contributed by atoms with Crippen LogP contribution in [-0.2, 0) is 0 Å². The predicted molar refractivity (Wildman–Crippen MR) is 81.4 cm³/mol. The first-order chi connectivity index (χ1) is 8.99. The Morgan fingerprint density at radius 3 is 2.95 bits per heavy atom. The Morgan fingerprint density at radius 2 is 2.32 bits per heavy atom. The van der Waals surface area contributed by atoms with Gasteiger partial charge < -0.3 is 10.6 Å². The minimum atomic E-state index is 0.0499. The third-order valence-electron chi connectivity index (χ3n) is 3.65. The van der Waals surface area contributed by atoms with E-state index in [0.717, 1.165) is 30.4 Å². The maximum Gasteiger partial charge on any atom is 0.255 e. The Bertz CT molecular complexity index is 479. The highest BCUT2D eigenvalue weighted by Gasteiger charge is 2.27. The summed E-state index contributed by atoms with van der Waals surface area (Å²) in [6, 6.07) is 5.39. The Hall–Kier alpha value is -0.580. The second-order valence-corrected chi connectivity index (χ2v) is 6.43. The standard InChI is InChI=1S/C14H18BrClN2O/c1-9(17)10-3-2-6-18(8-10)14(19)12-5-4-11(16)7-13(12)15/h4-5,7,9-10H,2-3,6,8,17H2,1H3. The van der Waals surface area contributed by atoms with Gasteiger partial charge in [-0.15, -0.1) is 0 Å². The summed E-state index contributed by atoms with van der Waals surface area (Å²) >= 11 is 9.30. The second kappa shape index (κ2) is 6.25. The molecule has 3 nitrogen and oxygen atoms in total. The van der Waals surface area contributed by atoms with Gasteiger partial charge >= 0.3 is 0 Å². The van der Waals surface area contributed by atoms with E-state index in [1.54, 1.807) is 18.2 Å². The van der Waals surface area contributed by atoms with Crippen LogP contribution >= 0.6 is 27.5 Å². The number of carbonyl (C=O) groups is 1. The van der Waals surface area contributed by atoms with Gasteiger partial charge in [-0.2, -0.15) is 0 Å². The van der Waals surface area contributed by atoms with Crippen molar-refractivity contribution in [2.45, 2.75) is 25.8 Å². The minimum absolute atomic E-state index is 0.0499. The van der Waals surface area contributed by atoms with Gasteiger partial charge in [0, 0.05) is 28.6 Å². The monoisotopic (exact) mass is 344 g/mol. The number of likely N-dealkylation sites (tertiary alicyclic amines) is 1. The molecule has 1 aromatic carbocycles. The zero-order valence-corrected chi connectivity index (χ0v) is 13.2. The van der Waals surface area contributed by atoms with Crippen LogP contribution in [0.2, 0.25) is 5.02 Å². The molecule has 5 heteroatoms. The Kier molecular flexibility index (Phi) is 4.87. The molecule has 1 fully saturated rings.